The molecule has 4 N–H and O–H groups in total. The molecule has 0 aliphatic heterocycles. The van der Waals surface area contributed by atoms with Crippen LogP contribution in [0, 0.1) is 0 Å². The number of aliphatic hydroxyl groups excluding tert-OH is 4. The number of amides is 1. The zero-order chi connectivity index (χ0) is 32.8. The monoisotopic (exact) mass is 618 g/mol. The minimum Gasteiger partial charge on any atom is -0.460 e. The summed E-state index contributed by atoms with van der Waals surface area (Å²) >= 11 is 0. The first-order chi connectivity index (χ1) is 20.3. The molecule has 0 aromatic heterocycles. The van der Waals surface area contributed by atoms with E-state index in [1.54, 1.807) is 0 Å². The summed E-state index contributed by atoms with van der Waals surface area (Å²) in [5.74, 6) is -1.90. The molecule has 0 aliphatic rings. The van der Waals surface area contributed by atoms with Crippen molar-refractivity contribution in [2.24, 2.45) is 0 Å². The van der Waals surface area contributed by atoms with Crippen molar-refractivity contribution < 1.29 is 53.8 Å². The van der Waals surface area contributed by atoms with Gasteiger partial charge in [-0.2, -0.15) is 0 Å². The summed E-state index contributed by atoms with van der Waals surface area (Å²) in [4.78, 5) is 39.6. The molecule has 43 heavy (non-hydrogen) atoms. The summed E-state index contributed by atoms with van der Waals surface area (Å²) in [5.41, 5.74) is 0.319. The number of hydrogen-bond donors (Lipinski definition) is 4. The Morgan fingerprint density at radius 3 is 1.42 bits per heavy atom. The molecule has 0 fully saturated rings. The van der Waals surface area contributed by atoms with Gasteiger partial charge in [0.2, 0.25) is 5.91 Å². The van der Waals surface area contributed by atoms with E-state index in [1.165, 1.54) is 23.6 Å². The van der Waals surface area contributed by atoms with Gasteiger partial charge in [-0.3, -0.25) is 9.69 Å². The number of unbranched alkanes of at least 4 members (excludes halogenated alkanes) is 2. The first kappa shape index (κ1) is 40.6. The predicted octanol–water partition coefficient (Wildman–Crippen LogP) is 0.433. The van der Waals surface area contributed by atoms with Gasteiger partial charge in [-0.25, -0.2) is 9.59 Å². The normalized spacial score (nSPS) is 14.1. The molecule has 1 amide bonds. The average molecular weight is 619 g/mol. The molecule has 0 rings (SSSR count). The van der Waals surface area contributed by atoms with Gasteiger partial charge in [-0.05, 0) is 26.7 Å². The third-order valence-electron chi connectivity index (χ3n) is 5.93. The van der Waals surface area contributed by atoms with Crippen molar-refractivity contribution in [3.63, 3.8) is 0 Å². The lowest BCUT2D eigenvalue weighted by molar-refractivity contribution is -0.145. The lowest BCUT2D eigenvalue weighted by Gasteiger charge is -2.32. The summed E-state index contributed by atoms with van der Waals surface area (Å²) < 4.78 is 21.0. The number of carbonyl (C=O) groups is 3. The van der Waals surface area contributed by atoms with Crippen LogP contribution < -0.4 is 0 Å². The quantitative estimate of drug-likeness (QED) is 0.0599. The summed E-state index contributed by atoms with van der Waals surface area (Å²) in [6.07, 6.45) is -1.04. The first-order valence-corrected chi connectivity index (χ1v) is 14.8. The van der Waals surface area contributed by atoms with Gasteiger partial charge in [0.15, 0.2) is 0 Å². The molecule has 0 bridgehead atoms. The zero-order valence-corrected chi connectivity index (χ0v) is 26.4. The van der Waals surface area contributed by atoms with Crippen molar-refractivity contribution >= 4 is 17.8 Å². The lowest BCUT2D eigenvalue weighted by atomic mass is 10.2. The highest BCUT2D eigenvalue weighted by Crippen LogP contribution is 2.06. The number of ether oxygens (including phenoxy) is 4. The van der Waals surface area contributed by atoms with Crippen LogP contribution in [-0.2, 0) is 33.3 Å². The van der Waals surface area contributed by atoms with E-state index in [4.69, 9.17) is 18.9 Å². The molecule has 4 atom stereocenters. The van der Waals surface area contributed by atoms with Crippen LogP contribution in [-0.4, -0.2) is 145 Å². The molecule has 0 saturated heterocycles. The van der Waals surface area contributed by atoms with Crippen LogP contribution in [0.4, 0.5) is 0 Å². The molecular formula is C30H54N2O11. The van der Waals surface area contributed by atoms with Crippen LogP contribution in [0.15, 0.2) is 24.3 Å². The second kappa shape index (κ2) is 24.0. The summed E-state index contributed by atoms with van der Waals surface area (Å²) in [6.45, 7) is 13.1. The minimum atomic E-state index is -1.27. The molecule has 0 aliphatic carbocycles. The molecule has 4 unspecified atom stereocenters. The van der Waals surface area contributed by atoms with Gasteiger partial charge in [0.25, 0.3) is 0 Å². The third-order valence-corrected chi connectivity index (χ3v) is 5.93. The zero-order valence-electron chi connectivity index (χ0n) is 26.4. The highest BCUT2D eigenvalue weighted by atomic mass is 16.5. The maximum Gasteiger partial charge on any atom is 0.333 e. The molecule has 13 nitrogen and oxygen atoms in total. The van der Waals surface area contributed by atoms with E-state index in [0.29, 0.717) is 13.2 Å². The van der Waals surface area contributed by atoms with E-state index in [1.807, 2.05) is 13.8 Å². The smallest absolute Gasteiger partial charge is 0.333 e. The molecule has 250 valence electrons. The maximum atomic E-state index is 13.5. The number of rotatable bonds is 26. The topological polar surface area (TPSA) is 176 Å². The number of aliphatic hydroxyl groups is 4. The number of carbonyl (C=O) groups excluding carboxylic acids is 3. The minimum absolute atomic E-state index is 0.00968. The lowest BCUT2D eigenvalue weighted by Crippen LogP contribution is -2.50. The van der Waals surface area contributed by atoms with Crippen LogP contribution in [0.2, 0.25) is 0 Å². The van der Waals surface area contributed by atoms with Gasteiger partial charge in [-0.1, -0.05) is 39.8 Å². The van der Waals surface area contributed by atoms with Gasteiger partial charge >= 0.3 is 11.9 Å². The molecule has 0 radical (unpaired) electrons. The van der Waals surface area contributed by atoms with Gasteiger partial charge in [-0.15, -0.1) is 0 Å². The van der Waals surface area contributed by atoms with E-state index >= 15 is 0 Å². The van der Waals surface area contributed by atoms with Crippen molar-refractivity contribution in [2.75, 3.05) is 72.4 Å². The molecule has 0 heterocycles. The Labute approximate surface area is 256 Å². The second-order valence-corrected chi connectivity index (χ2v) is 10.7. The fourth-order valence-corrected chi connectivity index (χ4v) is 3.61. The third kappa shape index (κ3) is 21.0. The van der Waals surface area contributed by atoms with Crippen molar-refractivity contribution in [1.82, 2.24) is 9.80 Å². The predicted molar refractivity (Wildman–Crippen MR) is 160 cm³/mol. The maximum absolute atomic E-state index is 13.5. The van der Waals surface area contributed by atoms with Gasteiger partial charge in [0.1, 0.15) is 25.4 Å². The Balaban J connectivity index is 5.60. The average Bonchev–Trinajstić information content (AvgIpc) is 2.94. The fourth-order valence-electron chi connectivity index (χ4n) is 3.61. The molecule has 0 aromatic rings. The van der Waals surface area contributed by atoms with Crippen molar-refractivity contribution in [3.05, 3.63) is 24.3 Å². The second-order valence-electron chi connectivity index (χ2n) is 10.7. The molecule has 13 heteroatoms. The van der Waals surface area contributed by atoms with Crippen LogP contribution in [0.25, 0.3) is 0 Å². The largest absolute Gasteiger partial charge is 0.460 e. The van der Waals surface area contributed by atoms with Gasteiger partial charge < -0.3 is 44.3 Å². The molecule has 0 spiro atoms. The highest BCUT2D eigenvalue weighted by molar-refractivity contribution is 5.87. The van der Waals surface area contributed by atoms with Crippen LogP contribution >= 0.6 is 0 Å². The van der Waals surface area contributed by atoms with Crippen molar-refractivity contribution in [1.29, 1.82) is 0 Å². The van der Waals surface area contributed by atoms with E-state index < -0.39 is 48.9 Å². The Bertz CT molecular complexity index is 839. The Hall–Kier alpha value is -2.39. The Kier molecular flexibility index (Phi) is 22.7. The van der Waals surface area contributed by atoms with Crippen LogP contribution in [0.3, 0.4) is 0 Å². The van der Waals surface area contributed by atoms with E-state index in [9.17, 15) is 34.8 Å². The molecule has 0 aromatic carbocycles. The Morgan fingerprint density at radius 2 is 1.02 bits per heavy atom. The molecule has 0 saturated carbocycles. The van der Waals surface area contributed by atoms with Crippen molar-refractivity contribution in [2.45, 2.75) is 77.8 Å². The van der Waals surface area contributed by atoms with Gasteiger partial charge in [0, 0.05) is 44.0 Å². The van der Waals surface area contributed by atoms with Gasteiger partial charge in [0.05, 0.1) is 38.5 Å². The fraction of sp³-hybridized carbons (Fsp3) is 0.767. The first-order valence-electron chi connectivity index (χ1n) is 14.8. The summed E-state index contributed by atoms with van der Waals surface area (Å²) in [5, 5.41) is 42.1. The number of esters is 2. The summed E-state index contributed by atoms with van der Waals surface area (Å²) in [6, 6.07) is 0. The molecular weight excluding hydrogens is 564 g/mol. The van der Waals surface area contributed by atoms with Crippen LogP contribution in [0.1, 0.15) is 53.4 Å². The highest BCUT2D eigenvalue weighted by Gasteiger charge is 2.26. The number of hydrogen-bond acceptors (Lipinski definition) is 12. The number of nitrogens with zero attached hydrogens (tertiary/aromatic N) is 2. The SMILES string of the molecule is C=C(C)C(=O)OCC(O)CN(CC(=O)N(CC(O)COCCCC)CC(O)COC(=O)C(=C)C)CC(O)COCCCC. The van der Waals surface area contributed by atoms with Crippen LogP contribution in [0.5, 0.6) is 0 Å². The van der Waals surface area contributed by atoms with E-state index in [2.05, 4.69) is 13.2 Å². The standard InChI is InChI=1S/C30H54N2O11/c1-7-9-11-40-18-24(33)13-31(14-25(34)20-42-29(38)22(3)4)17-28(37)32(15-26(35)19-41-12-10-8-2)16-27(36)21-43-30(39)23(5)6/h24-27,33-36H,3,5,7-21H2,1-2,4,6H3. The van der Waals surface area contributed by atoms with Crippen molar-refractivity contribution in [3.8, 4) is 0 Å². The summed E-state index contributed by atoms with van der Waals surface area (Å²) in [7, 11) is 0. The van der Waals surface area contributed by atoms with E-state index in [-0.39, 0.29) is 63.7 Å². The Morgan fingerprint density at radius 1 is 0.651 bits per heavy atom. The van der Waals surface area contributed by atoms with E-state index in [0.717, 1.165) is 25.7 Å².